The zero-order chi connectivity index (χ0) is 13.1. The molecule has 0 heterocycles. The normalized spacial score (nSPS) is 27.8. The maximum atomic E-state index is 12.1. The number of hydrogen-bond donors (Lipinski definition) is 2. The molecule has 0 spiro atoms. The van der Waals surface area contributed by atoms with Crippen molar-refractivity contribution in [3.63, 3.8) is 0 Å². The second kappa shape index (κ2) is 5.71. The Bertz CT molecular complexity index is 260. The van der Waals surface area contributed by atoms with Crippen molar-refractivity contribution in [3.05, 3.63) is 0 Å². The third-order valence-electron chi connectivity index (χ3n) is 3.32. The van der Waals surface area contributed by atoms with Gasteiger partial charge in [0, 0.05) is 0 Å². The van der Waals surface area contributed by atoms with Gasteiger partial charge in [0.25, 0.3) is 0 Å². The molecule has 1 atom stereocenters. The second-order valence-corrected chi connectivity index (χ2v) is 4.83. The summed E-state index contributed by atoms with van der Waals surface area (Å²) in [5.74, 6) is -0.830. The quantitative estimate of drug-likeness (QED) is 0.809. The lowest BCUT2D eigenvalue weighted by Crippen LogP contribution is -2.47. The van der Waals surface area contributed by atoms with Crippen molar-refractivity contribution in [3.8, 4) is 0 Å². The van der Waals surface area contributed by atoms with Crippen molar-refractivity contribution in [2.75, 3.05) is 6.54 Å². The Hall–Kier alpha value is -0.780. The number of hydrogen-bond acceptors (Lipinski definition) is 2. The molecule has 0 radical (unpaired) electrons. The Morgan fingerprint density at radius 2 is 1.88 bits per heavy atom. The fourth-order valence-electron chi connectivity index (χ4n) is 2.30. The monoisotopic (exact) mass is 253 g/mol. The average Bonchev–Trinajstić information content (AvgIpc) is 2.18. The number of halogens is 3. The van der Waals surface area contributed by atoms with Crippen LogP contribution in [0, 0.1) is 11.8 Å². The first-order valence-corrected chi connectivity index (χ1v) is 5.82. The van der Waals surface area contributed by atoms with E-state index in [9.17, 15) is 18.0 Å². The Morgan fingerprint density at radius 3 is 2.29 bits per heavy atom. The van der Waals surface area contributed by atoms with Crippen molar-refractivity contribution in [1.82, 2.24) is 5.32 Å². The largest absolute Gasteiger partial charge is 0.480 e. The van der Waals surface area contributed by atoms with Crippen molar-refractivity contribution in [1.29, 1.82) is 0 Å². The lowest BCUT2D eigenvalue weighted by molar-refractivity contribution is -0.145. The molecule has 100 valence electrons. The molecule has 0 aliphatic heterocycles. The molecule has 1 aliphatic rings. The summed E-state index contributed by atoms with van der Waals surface area (Å²) in [6.45, 7) is 0.838. The third kappa shape index (κ3) is 4.93. The van der Waals surface area contributed by atoms with Crippen molar-refractivity contribution in [2.24, 2.45) is 11.8 Å². The Balaban J connectivity index is 2.51. The van der Waals surface area contributed by atoms with Crippen LogP contribution in [0.5, 0.6) is 0 Å². The summed E-state index contributed by atoms with van der Waals surface area (Å²) in [6.07, 6.45) is -1.22. The van der Waals surface area contributed by atoms with Crippen LogP contribution in [0.3, 0.4) is 0 Å². The highest BCUT2D eigenvalue weighted by Crippen LogP contribution is 2.30. The number of aliphatic carboxylic acids is 1. The molecule has 1 rings (SSSR count). The second-order valence-electron chi connectivity index (χ2n) is 4.83. The summed E-state index contributed by atoms with van der Waals surface area (Å²) in [4.78, 5) is 11.0. The van der Waals surface area contributed by atoms with Gasteiger partial charge in [-0.15, -0.1) is 0 Å². The molecule has 1 unspecified atom stereocenters. The van der Waals surface area contributed by atoms with E-state index in [1.54, 1.807) is 0 Å². The zero-order valence-corrected chi connectivity index (χ0v) is 9.76. The topological polar surface area (TPSA) is 49.3 Å². The van der Waals surface area contributed by atoms with Gasteiger partial charge in [-0.25, -0.2) is 0 Å². The van der Waals surface area contributed by atoms with Gasteiger partial charge in [-0.2, -0.15) is 13.2 Å². The number of carboxylic acid groups (broad SMARTS) is 1. The highest BCUT2D eigenvalue weighted by atomic mass is 19.4. The average molecular weight is 253 g/mol. The molecule has 6 heteroatoms. The van der Waals surface area contributed by atoms with Gasteiger partial charge in [0.05, 0.1) is 6.54 Å². The smallest absolute Gasteiger partial charge is 0.401 e. The van der Waals surface area contributed by atoms with Crippen LogP contribution < -0.4 is 5.32 Å². The highest BCUT2D eigenvalue weighted by molar-refractivity contribution is 5.73. The molecule has 1 saturated carbocycles. The molecule has 1 aliphatic carbocycles. The van der Waals surface area contributed by atoms with Gasteiger partial charge < -0.3 is 5.11 Å². The standard InChI is InChI=1S/C11H18F3NO2/c1-7-2-4-8(5-3-7)9(10(16)17)15-6-11(12,13)14/h7-9,15H,2-6H2,1H3,(H,16,17). The van der Waals surface area contributed by atoms with Gasteiger partial charge >= 0.3 is 12.1 Å². The van der Waals surface area contributed by atoms with Gasteiger partial charge in [-0.05, 0) is 24.7 Å². The minimum Gasteiger partial charge on any atom is -0.480 e. The fourth-order valence-corrected chi connectivity index (χ4v) is 2.30. The first kappa shape index (κ1) is 14.3. The minimum atomic E-state index is -4.37. The third-order valence-corrected chi connectivity index (χ3v) is 3.32. The lowest BCUT2D eigenvalue weighted by Gasteiger charge is -2.31. The van der Waals surface area contributed by atoms with Crippen LogP contribution in [-0.2, 0) is 4.79 Å². The molecule has 0 aromatic rings. The first-order chi connectivity index (χ1) is 7.79. The van der Waals surface area contributed by atoms with E-state index in [0.29, 0.717) is 18.8 Å². The van der Waals surface area contributed by atoms with Gasteiger partial charge in [-0.1, -0.05) is 19.8 Å². The van der Waals surface area contributed by atoms with E-state index in [2.05, 4.69) is 12.2 Å². The van der Waals surface area contributed by atoms with Gasteiger partial charge in [0.15, 0.2) is 0 Å². The van der Waals surface area contributed by atoms with Crippen molar-refractivity contribution < 1.29 is 23.1 Å². The molecular formula is C11H18F3NO2. The molecule has 3 nitrogen and oxygen atoms in total. The van der Waals surface area contributed by atoms with Crippen molar-refractivity contribution >= 4 is 5.97 Å². The number of nitrogens with one attached hydrogen (secondary N) is 1. The van der Waals surface area contributed by atoms with Crippen LogP contribution in [0.25, 0.3) is 0 Å². The SMILES string of the molecule is CC1CCC(C(NCC(F)(F)F)C(=O)O)CC1. The Morgan fingerprint density at radius 1 is 1.35 bits per heavy atom. The van der Waals surface area contributed by atoms with E-state index in [1.165, 1.54) is 0 Å². The molecule has 0 saturated heterocycles. The molecule has 0 aromatic heterocycles. The molecule has 1 fully saturated rings. The summed E-state index contributed by atoms with van der Waals surface area (Å²) < 4.78 is 36.2. The van der Waals surface area contributed by atoms with E-state index in [0.717, 1.165) is 12.8 Å². The van der Waals surface area contributed by atoms with Crippen LogP contribution in [0.1, 0.15) is 32.6 Å². The van der Waals surface area contributed by atoms with E-state index in [-0.39, 0.29) is 5.92 Å². The van der Waals surface area contributed by atoms with Gasteiger partial charge in [0.2, 0.25) is 0 Å². The van der Waals surface area contributed by atoms with Gasteiger partial charge in [0.1, 0.15) is 6.04 Å². The van der Waals surface area contributed by atoms with Crippen LogP contribution in [0.4, 0.5) is 13.2 Å². The van der Waals surface area contributed by atoms with E-state index < -0.39 is 24.7 Å². The van der Waals surface area contributed by atoms with E-state index in [4.69, 9.17) is 5.11 Å². The molecule has 2 N–H and O–H groups in total. The number of rotatable bonds is 4. The summed E-state index contributed by atoms with van der Waals surface area (Å²) in [5.41, 5.74) is 0. The molecule has 17 heavy (non-hydrogen) atoms. The summed E-state index contributed by atoms with van der Waals surface area (Å²) in [5, 5.41) is 11.1. The highest BCUT2D eigenvalue weighted by Gasteiger charge is 2.35. The van der Waals surface area contributed by atoms with E-state index in [1.807, 2.05) is 0 Å². The van der Waals surface area contributed by atoms with Crippen molar-refractivity contribution in [2.45, 2.75) is 44.8 Å². The fraction of sp³-hybridized carbons (Fsp3) is 0.909. The predicted molar refractivity (Wildman–Crippen MR) is 56.6 cm³/mol. The summed E-state index contributed by atoms with van der Waals surface area (Å²) in [6, 6.07) is -1.08. The molecular weight excluding hydrogens is 235 g/mol. The number of alkyl halides is 3. The van der Waals surface area contributed by atoms with Crippen LogP contribution in [0.2, 0.25) is 0 Å². The van der Waals surface area contributed by atoms with Gasteiger partial charge in [-0.3, -0.25) is 10.1 Å². The zero-order valence-electron chi connectivity index (χ0n) is 9.76. The first-order valence-electron chi connectivity index (χ1n) is 5.82. The number of carbonyl (C=O) groups is 1. The molecule has 0 bridgehead atoms. The summed E-state index contributed by atoms with van der Waals surface area (Å²) in [7, 11) is 0. The molecule has 0 aromatic carbocycles. The predicted octanol–water partition coefficient (Wildman–Crippen LogP) is 2.42. The number of carboxylic acids is 1. The van der Waals surface area contributed by atoms with Crippen LogP contribution in [-0.4, -0.2) is 29.8 Å². The lowest BCUT2D eigenvalue weighted by atomic mass is 9.79. The molecule has 0 amide bonds. The van der Waals surface area contributed by atoms with Crippen LogP contribution in [0.15, 0.2) is 0 Å². The maximum Gasteiger partial charge on any atom is 0.401 e. The maximum absolute atomic E-state index is 12.1. The Labute approximate surface area is 98.4 Å². The van der Waals surface area contributed by atoms with Crippen LogP contribution >= 0.6 is 0 Å². The summed E-state index contributed by atoms with van der Waals surface area (Å²) >= 11 is 0. The van der Waals surface area contributed by atoms with E-state index >= 15 is 0 Å². The Kier molecular flexibility index (Phi) is 4.80. The minimum absolute atomic E-state index is 0.189.